The van der Waals surface area contributed by atoms with E-state index in [2.05, 4.69) is 11.9 Å². The third-order valence-corrected chi connectivity index (χ3v) is 4.50. The van der Waals surface area contributed by atoms with E-state index in [0.29, 0.717) is 12.3 Å². The van der Waals surface area contributed by atoms with Crippen LogP contribution < -0.4 is 5.32 Å². The molecule has 0 unspecified atom stereocenters. The molecule has 0 radical (unpaired) electrons. The number of β-lactam (4-membered cyclic amide) rings is 1. The molecule has 1 aliphatic heterocycles. The van der Waals surface area contributed by atoms with E-state index in [1.54, 1.807) is 30.2 Å². The summed E-state index contributed by atoms with van der Waals surface area (Å²) < 4.78 is 10.7. The Kier molecular flexibility index (Phi) is 5.41. The van der Waals surface area contributed by atoms with E-state index in [0.717, 1.165) is 5.56 Å². The second-order valence-corrected chi connectivity index (χ2v) is 6.26. The van der Waals surface area contributed by atoms with Crippen molar-refractivity contribution in [1.82, 2.24) is 10.2 Å². The van der Waals surface area contributed by atoms with E-state index in [-0.39, 0.29) is 24.6 Å². The molecule has 0 spiro atoms. The fraction of sp³-hybridized carbons (Fsp3) is 0.300. The Hall–Kier alpha value is -3.02. The molecule has 3 rings (SSSR count). The first-order valence-electron chi connectivity index (χ1n) is 8.54. The van der Waals surface area contributed by atoms with Crippen LogP contribution in [-0.2, 0) is 16.1 Å². The highest BCUT2D eigenvalue weighted by molar-refractivity contribution is 5.87. The van der Waals surface area contributed by atoms with E-state index in [1.807, 2.05) is 36.4 Å². The lowest BCUT2D eigenvalue weighted by atomic mass is 9.80. The van der Waals surface area contributed by atoms with Gasteiger partial charge in [0.2, 0.25) is 5.91 Å². The molecule has 1 saturated heterocycles. The van der Waals surface area contributed by atoms with Gasteiger partial charge in [-0.1, -0.05) is 36.4 Å². The normalized spacial score (nSPS) is 20.2. The van der Waals surface area contributed by atoms with Crippen LogP contribution in [0.15, 0.2) is 65.8 Å². The summed E-state index contributed by atoms with van der Waals surface area (Å²) in [5.41, 5.74) is 0.903. The Balaban J connectivity index is 1.60. The van der Waals surface area contributed by atoms with Gasteiger partial charge in [0.1, 0.15) is 18.4 Å². The van der Waals surface area contributed by atoms with Crippen LogP contribution in [0.3, 0.4) is 0 Å². The molecule has 3 atom stereocenters. The molecule has 1 N–H and O–H groups in total. The molecule has 1 fully saturated rings. The molecule has 6 heteroatoms. The third-order valence-electron chi connectivity index (χ3n) is 4.50. The predicted molar refractivity (Wildman–Crippen MR) is 96.1 cm³/mol. The van der Waals surface area contributed by atoms with Crippen LogP contribution in [0.2, 0.25) is 0 Å². The van der Waals surface area contributed by atoms with Gasteiger partial charge in [-0.2, -0.15) is 0 Å². The summed E-state index contributed by atoms with van der Waals surface area (Å²) in [6.07, 6.45) is 2.71. The Morgan fingerprint density at radius 1 is 1.35 bits per heavy atom. The lowest BCUT2D eigenvalue weighted by Gasteiger charge is -2.48. The molecule has 1 aliphatic rings. The van der Waals surface area contributed by atoms with Gasteiger partial charge in [0, 0.05) is 12.6 Å². The average molecular weight is 354 g/mol. The second-order valence-electron chi connectivity index (χ2n) is 6.26. The van der Waals surface area contributed by atoms with E-state index in [9.17, 15) is 9.59 Å². The number of ether oxygens (including phenoxy) is 1. The van der Waals surface area contributed by atoms with Crippen molar-refractivity contribution in [3.8, 4) is 0 Å². The average Bonchev–Trinajstić information content (AvgIpc) is 3.16. The highest BCUT2D eigenvalue weighted by atomic mass is 16.5. The molecule has 2 amide bonds. The fourth-order valence-corrected chi connectivity index (χ4v) is 3.24. The van der Waals surface area contributed by atoms with Gasteiger partial charge in [-0.3, -0.25) is 4.79 Å². The summed E-state index contributed by atoms with van der Waals surface area (Å²) in [5, 5.41) is 2.76. The molecule has 6 nitrogen and oxygen atoms in total. The number of hydrogen-bond acceptors (Lipinski definition) is 4. The number of rotatable bonds is 7. The minimum atomic E-state index is -0.547. The van der Waals surface area contributed by atoms with E-state index < -0.39 is 12.0 Å². The van der Waals surface area contributed by atoms with E-state index in [1.165, 1.54) is 0 Å². The van der Waals surface area contributed by atoms with E-state index in [4.69, 9.17) is 9.15 Å². The second kappa shape index (κ2) is 7.91. The van der Waals surface area contributed by atoms with Crippen molar-refractivity contribution < 1.29 is 18.7 Å². The van der Waals surface area contributed by atoms with Crippen molar-refractivity contribution in [3.05, 3.63) is 72.7 Å². The molecule has 136 valence electrons. The lowest BCUT2D eigenvalue weighted by Crippen LogP contribution is -2.61. The molecule has 1 aromatic heterocycles. The molecular weight excluding hydrogens is 332 g/mol. The molecule has 0 aliphatic carbocycles. The van der Waals surface area contributed by atoms with Crippen molar-refractivity contribution in [1.29, 1.82) is 0 Å². The molecular formula is C20H22N2O4. The van der Waals surface area contributed by atoms with Crippen molar-refractivity contribution in [2.45, 2.75) is 25.6 Å². The number of benzene rings is 1. The van der Waals surface area contributed by atoms with Crippen LogP contribution in [-0.4, -0.2) is 29.5 Å². The molecule has 0 bridgehead atoms. The zero-order valence-corrected chi connectivity index (χ0v) is 14.6. The Bertz CT molecular complexity index is 757. The van der Waals surface area contributed by atoms with Crippen molar-refractivity contribution in [2.75, 3.05) is 6.54 Å². The molecule has 2 aromatic rings. The molecule has 2 heterocycles. The van der Waals surface area contributed by atoms with Gasteiger partial charge >= 0.3 is 6.09 Å². The van der Waals surface area contributed by atoms with Gasteiger partial charge in [-0.25, -0.2) is 4.79 Å². The monoisotopic (exact) mass is 354 g/mol. The first-order chi connectivity index (χ1) is 12.6. The predicted octanol–water partition coefficient (Wildman–Crippen LogP) is 3.28. The maximum atomic E-state index is 12.5. The zero-order valence-electron chi connectivity index (χ0n) is 14.6. The van der Waals surface area contributed by atoms with Crippen LogP contribution in [0.25, 0.3) is 0 Å². The Labute approximate surface area is 152 Å². The standard InChI is InChI=1S/C20H22N2O4/c1-3-11-22-18(16-10-7-12-25-16)17(19(22)23)14(2)21-20(24)26-13-15-8-5-4-6-9-15/h3-10,12,14,17-18H,1,11,13H2,2H3,(H,21,24)/t14-,17+,18+/m0/s1. The highest BCUT2D eigenvalue weighted by Gasteiger charge is 2.51. The summed E-state index contributed by atoms with van der Waals surface area (Å²) in [4.78, 5) is 26.3. The van der Waals surface area contributed by atoms with Gasteiger partial charge in [0.15, 0.2) is 0 Å². The maximum Gasteiger partial charge on any atom is 0.407 e. The summed E-state index contributed by atoms with van der Waals surface area (Å²) in [5.74, 6) is 0.260. The molecule has 0 saturated carbocycles. The number of hydrogen-bond donors (Lipinski definition) is 1. The van der Waals surface area contributed by atoms with Crippen molar-refractivity contribution in [2.24, 2.45) is 5.92 Å². The smallest absolute Gasteiger partial charge is 0.407 e. The fourth-order valence-electron chi connectivity index (χ4n) is 3.24. The van der Waals surface area contributed by atoms with Crippen LogP contribution in [0.4, 0.5) is 4.79 Å². The van der Waals surface area contributed by atoms with Gasteiger partial charge in [0.05, 0.1) is 12.2 Å². The molecule has 1 aromatic carbocycles. The van der Waals surface area contributed by atoms with E-state index >= 15 is 0 Å². The number of alkyl carbamates (subject to hydrolysis) is 1. The quantitative estimate of drug-likeness (QED) is 0.612. The number of carbonyl (C=O) groups is 2. The first-order valence-corrected chi connectivity index (χ1v) is 8.54. The minimum Gasteiger partial charge on any atom is -0.467 e. The topological polar surface area (TPSA) is 71.8 Å². The number of amides is 2. The number of carbonyl (C=O) groups excluding carboxylic acids is 2. The summed E-state index contributed by atoms with van der Waals surface area (Å²) >= 11 is 0. The highest BCUT2D eigenvalue weighted by Crippen LogP contribution is 2.42. The summed E-state index contributed by atoms with van der Waals surface area (Å²) in [6.45, 7) is 6.11. The van der Waals surface area contributed by atoms with Crippen LogP contribution in [0.1, 0.15) is 24.3 Å². The largest absolute Gasteiger partial charge is 0.467 e. The maximum absolute atomic E-state index is 12.5. The van der Waals surface area contributed by atoms with Gasteiger partial charge < -0.3 is 19.4 Å². The van der Waals surface area contributed by atoms with Crippen molar-refractivity contribution >= 4 is 12.0 Å². The third kappa shape index (κ3) is 3.64. The molecule has 26 heavy (non-hydrogen) atoms. The summed E-state index contributed by atoms with van der Waals surface area (Å²) in [7, 11) is 0. The number of nitrogens with one attached hydrogen (secondary N) is 1. The Morgan fingerprint density at radius 3 is 2.77 bits per heavy atom. The van der Waals surface area contributed by atoms with Gasteiger partial charge in [-0.15, -0.1) is 6.58 Å². The number of nitrogens with zero attached hydrogens (tertiary/aromatic N) is 1. The van der Waals surface area contributed by atoms with Gasteiger partial charge in [-0.05, 0) is 24.6 Å². The zero-order chi connectivity index (χ0) is 18.5. The summed E-state index contributed by atoms with van der Waals surface area (Å²) in [6, 6.07) is 12.4. The minimum absolute atomic E-state index is 0.0397. The number of furan rings is 1. The first kappa shape index (κ1) is 17.8. The Morgan fingerprint density at radius 2 is 2.12 bits per heavy atom. The van der Waals surface area contributed by atoms with Crippen LogP contribution >= 0.6 is 0 Å². The number of likely N-dealkylation sites (tertiary alicyclic amines) is 1. The lowest BCUT2D eigenvalue weighted by molar-refractivity contribution is -0.158. The van der Waals surface area contributed by atoms with Gasteiger partial charge in [0.25, 0.3) is 0 Å². The SMILES string of the molecule is C=CCN1C(=O)[C@H]([C@H](C)NC(=O)OCc2ccccc2)[C@H]1c1ccco1. The van der Waals surface area contributed by atoms with Crippen LogP contribution in [0, 0.1) is 5.92 Å². The van der Waals surface area contributed by atoms with Crippen molar-refractivity contribution in [3.63, 3.8) is 0 Å². The van der Waals surface area contributed by atoms with Crippen LogP contribution in [0.5, 0.6) is 0 Å².